The number of ether oxygens (including phenoxy) is 2. The molecule has 1 heterocycles. The molecule has 1 aromatic rings. The molecular weight excluding hydrogens is 246 g/mol. The van der Waals surface area contributed by atoms with E-state index in [4.69, 9.17) is 15.2 Å². The highest BCUT2D eigenvalue weighted by Gasteiger charge is 2.19. The molecule has 2 N–H and O–H groups in total. The molecule has 1 saturated heterocycles. The van der Waals surface area contributed by atoms with Crippen molar-refractivity contribution in [3.8, 4) is 11.5 Å². The maximum Gasteiger partial charge on any atom is 0.127 e. The molecular formula is C14H21NO2S. The molecule has 100 valence electrons. The van der Waals surface area contributed by atoms with E-state index in [9.17, 15) is 0 Å². The number of anilines is 1. The summed E-state index contributed by atoms with van der Waals surface area (Å²) in [6.45, 7) is 0. The zero-order valence-corrected chi connectivity index (χ0v) is 11.9. The van der Waals surface area contributed by atoms with Gasteiger partial charge in [0.15, 0.2) is 0 Å². The molecule has 1 aromatic carbocycles. The van der Waals surface area contributed by atoms with Crippen molar-refractivity contribution >= 4 is 17.4 Å². The van der Waals surface area contributed by atoms with E-state index in [2.05, 4.69) is 0 Å². The Kier molecular flexibility index (Phi) is 4.64. The Hall–Kier alpha value is -1.03. The van der Waals surface area contributed by atoms with Crippen LogP contribution in [-0.4, -0.2) is 25.7 Å². The summed E-state index contributed by atoms with van der Waals surface area (Å²) in [6.07, 6.45) is 3.58. The summed E-state index contributed by atoms with van der Waals surface area (Å²) >= 11 is 2.05. The number of thioether (sulfide) groups is 1. The van der Waals surface area contributed by atoms with Crippen molar-refractivity contribution in [2.24, 2.45) is 5.92 Å². The van der Waals surface area contributed by atoms with E-state index in [1.54, 1.807) is 14.2 Å². The van der Waals surface area contributed by atoms with Gasteiger partial charge < -0.3 is 15.2 Å². The topological polar surface area (TPSA) is 44.5 Å². The fourth-order valence-corrected chi connectivity index (χ4v) is 3.65. The van der Waals surface area contributed by atoms with E-state index < -0.39 is 0 Å². The predicted octanol–water partition coefficient (Wildman–Crippen LogP) is 2.97. The number of nitrogens with two attached hydrogens (primary N) is 1. The predicted molar refractivity (Wildman–Crippen MR) is 77.7 cm³/mol. The highest BCUT2D eigenvalue weighted by Crippen LogP contribution is 2.36. The van der Waals surface area contributed by atoms with Crippen LogP contribution in [0.1, 0.15) is 18.4 Å². The number of hydrogen-bond acceptors (Lipinski definition) is 4. The summed E-state index contributed by atoms with van der Waals surface area (Å²) in [5, 5.41) is 0. The second-order valence-electron chi connectivity index (χ2n) is 4.66. The minimum absolute atomic E-state index is 0.687. The van der Waals surface area contributed by atoms with Gasteiger partial charge >= 0.3 is 0 Å². The first-order valence-electron chi connectivity index (χ1n) is 6.32. The van der Waals surface area contributed by atoms with Crippen LogP contribution in [-0.2, 0) is 6.42 Å². The monoisotopic (exact) mass is 267 g/mol. The zero-order chi connectivity index (χ0) is 13.0. The zero-order valence-electron chi connectivity index (χ0n) is 11.1. The first-order valence-corrected chi connectivity index (χ1v) is 7.48. The van der Waals surface area contributed by atoms with Crippen LogP contribution in [0.4, 0.5) is 5.69 Å². The van der Waals surface area contributed by atoms with Crippen LogP contribution in [0, 0.1) is 5.92 Å². The van der Waals surface area contributed by atoms with Gasteiger partial charge in [0.05, 0.1) is 14.2 Å². The summed E-state index contributed by atoms with van der Waals surface area (Å²) in [5.74, 6) is 4.97. The van der Waals surface area contributed by atoms with Gasteiger partial charge in [0.1, 0.15) is 11.5 Å². The quantitative estimate of drug-likeness (QED) is 0.852. The lowest BCUT2D eigenvalue weighted by Crippen LogP contribution is -2.13. The average Bonchev–Trinajstić information content (AvgIpc) is 2.41. The van der Waals surface area contributed by atoms with Gasteiger partial charge in [-0.15, -0.1) is 0 Å². The van der Waals surface area contributed by atoms with Crippen molar-refractivity contribution in [1.29, 1.82) is 0 Å². The third kappa shape index (κ3) is 3.05. The average molecular weight is 267 g/mol. The lowest BCUT2D eigenvalue weighted by molar-refractivity contribution is 0.374. The Labute approximate surface area is 113 Å². The third-order valence-corrected chi connectivity index (χ3v) is 4.51. The molecule has 0 unspecified atom stereocenters. The Bertz CT molecular complexity index is 378. The van der Waals surface area contributed by atoms with Crippen molar-refractivity contribution in [1.82, 2.24) is 0 Å². The summed E-state index contributed by atoms with van der Waals surface area (Å²) in [7, 11) is 3.38. The van der Waals surface area contributed by atoms with Crippen LogP contribution in [0.15, 0.2) is 12.1 Å². The van der Waals surface area contributed by atoms with Crippen molar-refractivity contribution in [3.05, 3.63) is 17.7 Å². The second kappa shape index (κ2) is 6.23. The number of rotatable bonds is 4. The normalized spacial score (nSPS) is 16.6. The number of benzene rings is 1. The van der Waals surface area contributed by atoms with Crippen LogP contribution in [0.3, 0.4) is 0 Å². The second-order valence-corrected chi connectivity index (χ2v) is 5.89. The van der Waals surface area contributed by atoms with Gasteiger partial charge in [-0.1, -0.05) is 0 Å². The van der Waals surface area contributed by atoms with Crippen molar-refractivity contribution in [3.63, 3.8) is 0 Å². The standard InChI is InChI=1S/C14H21NO2S/c1-16-13-8-11(15)9-14(17-2)12(13)7-10-3-5-18-6-4-10/h8-10H,3-7,15H2,1-2H3. The maximum absolute atomic E-state index is 5.85. The molecule has 4 heteroatoms. The highest BCUT2D eigenvalue weighted by atomic mass is 32.2. The molecule has 0 aromatic heterocycles. The molecule has 1 aliphatic heterocycles. The van der Waals surface area contributed by atoms with E-state index in [0.29, 0.717) is 5.69 Å². The van der Waals surface area contributed by atoms with Crippen LogP contribution < -0.4 is 15.2 Å². The fraction of sp³-hybridized carbons (Fsp3) is 0.571. The van der Waals surface area contributed by atoms with Gasteiger partial charge in [-0.2, -0.15) is 11.8 Å². The Morgan fingerprint density at radius 3 is 2.22 bits per heavy atom. The molecule has 0 spiro atoms. The van der Waals surface area contributed by atoms with E-state index in [0.717, 1.165) is 29.4 Å². The van der Waals surface area contributed by atoms with Gasteiger partial charge in [-0.3, -0.25) is 0 Å². The van der Waals surface area contributed by atoms with E-state index in [-0.39, 0.29) is 0 Å². The number of nitrogen functional groups attached to an aromatic ring is 1. The molecule has 1 fully saturated rings. The summed E-state index contributed by atoms with van der Waals surface area (Å²) in [6, 6.07) is 3.77. The minimum Gasteiger partial charge on any atom is -0.496 e. The summed E-state index contributed by atoms with van der Waals surface area (Å²) in [5.41, 5.74) is 7.69. The smallest absolute Gasteiger partial charge is 0.127 e. The first-order chi connectivity index (χ1) is 8.74. The lowest BCUT2D eigenvalue weighted by Gasteiger charge is -2.23. The lowest BCUT2D eigenvalue weighted by atomic mass is 9.93. The van der Waals surface area contributed by atoms with Crippen LogP contribution in [0.5, 0.6) is 11.5 Å². The molecule has 0 amide bonds. The van der Waals surface area contributed by atoms with E-state index in [1.807, 2.05) is 23.9 Å². The van der Waals surface area contributed by atoms with Gasteiger partial charge in [0, 0.05) is 23.4 Å². The van der Waals surface area contributed by atoms with Crippen LogP contribution in [0.25, 0.3) is 0 Å². The maximum atomic E-state index is 5.85. The molecule has 0 aliphatic carbocycles. The molecule has 0 radical (unpaired) electrons. The third-order valence-electron chi connectivity index (χ3n) is 3.46. The molecule has 0 saturated carbocycles. The van der Waals surface area contributed by atoms with E-state index in [1.165, 1.54) is 24.3 Å². The molecule has 3 nitrogen and oxygen atoms in total. The molecule has 0 bridgehead atoms. The van der Waals surface area contributed by atoms with Gasteiger partial charge in [0.25, 0.3) is 0 Å². The van der Waals surface area contributed by atoms with Crippen LogP contribution >= 0.6 is 11.8 Å². The van der Waals surface area contributed by atoms with Gasteiger partial charge in [-0.25, -0.2) is 0 Å². The molecule has 1 aliphatic rings. The Morgan fingerprint density at radius 2 is 1.72 bits per heavy atom. The number of hydrogen-bond donors (Lipinski definition) is 1. The van der Waals surface area contributed by atoms with Crippen LogP contribution in [0.2, 0.25) is 0 Å². The minimum atomic E-state index is 0.687. The molecule has 2 rings (SSSR count). The molecule has 18 heavy (non-hydrogen) atoms. The first kappa shape index (κ1) is 13.4. The van der Waals surface area contributed by atoms with E-state index >= 15 is 0 Å². The summed E-state index contributed by atoms with van der Waals surface area (Å²) < 4.78 is 10.9. The van der Waals surface area contributed by atoms with Crippen molar-refractivity contribution in [2.45, 2.75) is 19.3 Å². The van der Waals surface area contributed by atoms with Gasteiger partial charge in [0.2, 0.25) is 0 Å². The highest BCUT2D eigenvalue weighted by molar-refractivity contribution is 7.99. The fourth-order valence-electron chi connectivity index (χ4n) is 2.44. The largest absolute Gasteiger partial charge is 0.496 e. The SMILES string of the molecule is COc1cc(N)cc(OC)c1CC1CCSCC1. The number of methoxy groups -OCH3 is 2. The van der Waals surface area contributed by atoms with Crippen molar-refractivity contribution < 1.29 is 9.47 Å². The molecule has 0 atom stereocenters. The Balaban J connectivity index is 2.23. The van der Waals surface area contributed by atoms with Crippen molar-refractivity contribution in [2.75, 3.05) is 31.5 Å². The summed E-state index contributed by atoms with van der Waals surface area (Å²) in [4.78, 5) is 0. The van der Waals surface area contributed by atoms with Gasteiger partial charge in [-0.05, 0) is 36.7 Å². The Morgan fingerprint density at radius 1 is 1.17 bits per heavy atom.